The van der Waals surface area contributed by atoms with E-state index in [0.717, 1.165) is 6.54 Å². The number of hydrogen-bond donors (Lipinski definition) is 1. The lowest BCUT2D eigenvalue weighted by atomic mass is 9.78. The summed E-state index contributed by atoms with van der Waals surface area (Å²) in [5, 5.41) is 3.45. The summed E-state index contributed by atoms with van der Waals surface area (Å²) in [4.78, 5) is 0. The van der Waals surface area contributed by atoms with Crippen LogP contribution in [0.25, 0.3) is 0 Å². The van der Waals surface area contributed by atoms with E-state index in [1.807, 2.05) is 6.08 Å². The Morgan fingerprint density at radius 2 is 1.93 bits per heavy atom. The molecule has 0 fully saturated rings. The van der Waals surface area contributed by atoms with Gasteiger partial charge in [-0.05, 0) is 12.1 Å². The van der Waals surface area contributed by atoms with Crippen LogP contribution in [0.15, 0.2) is 43.0 Å². The van der Waals surface area contributed by atoms with Crippen molar-refractivity contribution in [2.45, 2.75) is 32.2 Å². The van der Waals surface area contributed by atoms with E-state index in [1.54, 1.807) is 0 Å². The maximum Gasteiger partial charge on any atom is 0.0339 e. The van der Waals surface area contributed by atoms with Crippen molar-refractivity contribution in [1.29, 1.82) is 0 Å². The van der Waals surface area contributed by atoms with Crippen LogP contribution in [0.2, 0.25) is 0 Å². The monoisotopic (exact) mass is 203 g/mol. The van der Waals surface area contributed by atoms with Crippen LogP contribution in [0.5, 0.6) is 0 Å². The van der Waals surface area contributed by atoms with Gasteiger partial charge in [0, 0.05) is 11.5 Å². The lowest BCUT2D eigenvalue weighted by Crippen LogP contribution is -2.43. The van der Waals surface area contributed by atoms with Crippen molar-refractivity contribution in [2.24, 2.45) is 0 Å². The molecule has 0 saturated heterocycles. The van der Waals surface area contributed by atoms with Crippen LogP contribution in [0, 0.1) is 0 Å². The zero-order valence-electron chi connectivity index (χ0n) is 9.96. The Bertz CT molecular complexity index is 300. The number of rotatable bonds is 5. The molecule has 0 aromatic heterocycles. The zero-order chi connectivity index (χ0) is 11.3. The normalized spacial score (nSPS) is 13.5. The molecule has 82 valence electrons. The predicted octanol–water partition coefficient (Wildman–Crippen LogP) is 3.13. The Morgan fingerprint density at radius 3 is 2.40 bits per heavy atom. The maximum absolute atomic E-state index is 3.91. The summed E-state index contributed by atoms with van der Waals surface area (Å²) < 4.78 is 0. The van der Waals surface area contributed by atoms with E-state index in [4.69, 9.17) is 0 Å². The molecule has 15 heavy (non-hydrogen) atoms. The molecule has 1 N–H and O–H groups in total. The Balaban J connectivity index is 2.94. The average Bonchev–Trinajstić information content (AvgIpc) is 2.27. The number of likely N-dealkylation sites (N-methyl/N-ethyl adjacent to an activating group) is 1. The van der Waals surface area contributed by atoms with Crippen molar-refractivity contribution >= 4 is 0 Å². The highest BCUT2D eigenvalue weighted by Gasteiger charge is 2.28. The molecule has 0 radical (unpaired) electrons. The summed E-state index contributed by atoms with van der Waals surface area (Å²) in [5.41, 5.74) is 1.43. The van der Waals surface area contributed by atoms with Crippen molar-refractivity contribution in [3.05, 3.63) is 48.6 Å². The molecular weight excluding hydrogens is 182 g/mol. The van der Waals surface area contributed by atoms with Crippen molar-refractivity contribution in [1.82, 2.24) is 5.32 Å². The van der Waals surface area contributed by atoms with Gasteiger partial charge in [0.05, 0.1) is 0 Å². The Hall–Kier alpha value is -1.08. The fourth-order valence-electron chi connectivity index (χ4n) is 1.90. The molecule has 0 saturated carbocycles. The first-order valence-electron chi connectivity index (χ1n) is 5.54. The quantitative estimate of drug-likeness (QED) is 0.725. The van der Waals surface area contributed by atoms with Crippen molar-refractivity contribution in [3.63, 3.8) is 0 Å². The molecule has 0 bridgehead atoms. The van der Waals surface area contributed by atoms with Gasteiger partial charge in [0.15, 0.2) is 0 Å². The van der Waals surface area contributed by atoms with Gasteiger partial charge in [0.25, 0.3) is 0 Å². The minimum atomic E-state index is 0.0824. The highest BCUT2D eigenvalue weighted by atomic mass is 14.9. The van der Waals surface area contributed by atoms with E-state index < -0.39 is 0 Å². The van der Waals surface area contributed by atoms with E-state index in [0.29, 0.717) is 6.04 Å². The molecule has 1 heteroatoms. The van der Waals surface area contributed by atoms with Gasteiger partial charge in [-0.15, -0.1) is 6.58 Å². The number of hydrogen-bond acceptors (Lipinski definition) is 1. The topological polar surface area (TPSA) is 12.0 Å². The molecule has 0 aliphatic rings. The standard InChI is InChI=1S/C14H21N/c1-5-13(15-6-2)14(3,4)12-10-8-7-9-11-12/h5,7-11,13,15H,1,6H2,2-4H3. The molecule has 0 aliphatic carbocycles. The summed E-state index contributed by atoms with van der Waals surface area (Å²) in [6.07, 6.45) is 2.00. The summed E-state index contributed by atoms with van der Waals surface area (Å²) in [6.45, 7) is 11.5. The second-order valence-electron chi connectivity index (χ2n) is 4.36. The van der Waals surface area contributed by atoms with Crippen LogP contribution in [0.3, 0.4) is 0 Å². The summed E-state index contributed by atoms with van der Waals surface area (Å²) >= 11 is 0. The summed E-state index contributed by atoms with van der Waals surface area (Å²) in [7, 11) is 0. The molecule has 1 atom stereocenters. The molecule has 0 heterocycles. The molecule has 0 spiro atoms. The highest BCUT2D eigenvalue weighted by molar-refractivity contribution is 5.27. The van der Waals surface area contributed by atoms with E-state index in [9.17, 15) is 0 Å². The molecule has 0 amide bonds. The second kappa shape index (κ2) is 5.13. The first-order chi connectivity index (χ1) is 7.12. The SMILES string of the molecule is C=CC(NCC)C(C)(C)c1ccccc1. The van der Waals surface area contributed by atoms with Gasteiger partial charge in [-0.25, -0.2) is 0 Å². The van der Waals surface area contributed by atoms with Gasteiger partial charge in [0.1, 0.15) is 0 Å². The van der Waals surface area contributed by atoms with Gasteiger partial charge < -0.3 is 5.32 Å². The molecule has 1 unspecified atom stereocenters. The van der Waals surface area contributed by atoms with Crippen molar-refractivity contribution in [3.8, 4) is 0 Å². The molecular formula is C14H21N. The Kier molecular flexibility index (Phi) is 4.10. The molecule has 1 rings (SSSR count). The second-order valence-corrected chi connectivity index (χ2v) is 4.36. The zero-order valence-corrected chi connectivity index (χ0v) is 9.96. The maximum atomic E-state index is 3.91. The van der Waals surface area contributed by atoms with Crippen LogP contribution >= 0.6 is 0 Å². The summed E-state index contributed by atoms with van der Waals surface area (Å²) in [6, 6.07) is 10.9. The van der Waals surface area contributed by atoms with E-state index in [2.05, 4.69) is 63.0 Å². The van der Waals surface area contributed by atoms with Crippen LogP contribution < -0.4 is 5.32 Å². The van der Waals surface area contributed by atoms with Crippen molar-refractivity contribution in [2.75, 3.05) is 6.54 Å². The van der Waals surface area contributed by atoms with Gasteiger partial charge >= 0.3 is 0 Å². The third-order valence-electron chi connectivity index (χ3n) is 2.96. The van der Waals surface area contributed by atoms with Gasteiger partial charge in [0.2, 0.25) is 0 Å². The van der Waals surface area contributed by atoms with Gasteiger partial charge in [-0.2, -0.15) is 0 Å². The lowest BCUT2D eigenvalue weighted by Gasteiger charge is -2.33. The minimum absolute atomic E-state index is 0.0824. The van der Waals surface area contributed by atoms with Crippen LogP contribution in [0.4, 0.5) is 0 Å². The van der Waals surface area contributed by atoms with E-state index in [1.165, 1.54) is 5.56 Å². The smallest absolute Gasteiger partial charge is 0.0339 e. The molecule has 1 nitrogen and oxygen atoms in total. The lowest BCUT2D eigenvalue weighted by molar-refractivity contribution is 0.401. The Morgan fingerprint density at radius 1 is 1.33 bits per heavy atom. The van der Waals surface area contributed by atoms with Crippen LogP contribution in [-0.4, -0.2) is 12.6 Å². The largest absolute Gasteiger partial charge is 0.310 e. The van der Waals surface area contributed by atoms with Gasteiger partial charge in [-0.1, -0.05) is 57.2 Å². The molecule has 1 aromatic rings. The summed E-state index contributed by atoms with van der Waals surface area (Å²) in [5.74, 6) is 0. The van der Waals surface area contributed by atoms with Gasteiger partial charge in [-0.3, -0.25) is 0 Å². The highest BCUT2D eigenvalue weighted by Crippen LogP contribution is 2.27. The van der Waals surface area contributed by atoms with Crippen LogP contribution in [0.1, 0.15) is 26.3 Å². The van der Waals surface area contributed by atoms with Crippen molar-refractivity contribution < 1.29 is 0 Å². The van der Waals surface area contributed by atoms with E-state index >= 15 is 0 Å². The fraction of sp³-hybridized carbons (Fsp3) is 0.429. The third kappa shape index (κ3) is 2.69. The average molecular weight is 203 g/mol. The van der Waals surface area contributed by atoms with E-state index in [-0.39, 0.29) is 5.41 Å². The van der Waals surface area contributed by atoms with Crippen LogP contribution in [-0.2, 0) is 5.41 Å². The fourth-order valence-corrected chi connectivity index (χ4v) is 1.90. The minimum Gasteiger partial charge on any atom is -0.310 e. The number of nitrogens with one attached hydrogen (secondary N) is 1. The molecule has 0 aliphatic heterocycles. The third-order valence-corrected chi connectivity index (χ3v) is 2.96. The molecule has 1 aromatic carbocycles. The number of benzene rings is 1. The Labute approximate surface area is 93.2 Å². The first-order valence-corrected chi connectivity index (χ1v) is 5.54. The first kappa shape index (κ1) is 12.0. The predicted molar refractivity (Wildman–Crippen MR) is 67.1 cm³/mol.